The smallest absolute Gasteiger partial charge is 0.242 e. The Morgan fingerprint density at radius 2 is 2.05 bits per heavy atom. The fourth-order valence-electron chi connectivity index (χ4n) is 2.87. The second-order valence-corrected chi connectivity index (χ2v) is 5.77. The van der Waals surface area contributed by atoms with E-state index in [1.165, 1.54) is 0 Å². The minimum Gasteiger partial charge on any atom is -0.353 e. The van der Waals surface area contributed by atoms with E-state index in [1.54, 1.807) is 11.8 Å². The van der Waals surface area contributed by atoms with Gasteiger partial charge >= 0.3 is 0 Å². The molecular weight excluding hydrogens is 264 g/mol. The number of nitrogens with zero attached hydrogens (tertiary/aromatic N) is 1. The maximum Gasteiger partial charge on any atom is 0.242 e. The van der Waals surface area contributed by atoms with Crippen LogP contribution in [0.1, 0.15) is 38.7 Å². The number of benzene rings is 1. The molecular formula is C17H24N2O2. The molecule has 114 valence electrons. The standard InChI is InChI=1S/C17H24N2O2/c1-4-12(2)15(14-8-6-5-7-9-14)17(21)19-11-10-18-16(20)13(19)3/h5-9,12-13,15H,4,10-11H2,1-3H3,(H,18,20). The minimum atomic E-state index is -0.387. The molecule has 21 heavy (non-hydrogen) atoms. The van der Waals surface area contributed by atoms with E-state index in [1.807, 2.05) is 30.3 Å². The first kappa shape index (κ1) is 15.5. The molecule has 0 bridgehead atoms. The van der Waals surface area contributed by atoms with Gasteiger partial charge in [0.15, 0.2) is 0 Å². The topological polar surface area (TPSA) is 49.4 Å². The zero-order valence-electron chi connectivity index (χ0n) is 13.0. The summed E-state index contributed by atoms with van der Waals surface area (Å²) in [6.45, 7) is 7.12. The van der Waals surface area contributed by atoms with E-state index in [0.717, 1.165) is 12.0 Å². The molecule has 1 saturated heterocycles. The lowest BCUT2D eigenvalue weighted by molar-refractivity contribution is -0.144. The molecule has 0 saturated carbocycles. The lowest BCUT2D eigenvalue weighted by atomic mass is 9.84. The molecule has 1 heterocycles. The first-order valence-electron chi connectivity index (χ1n) is 7.69. The van der Waals surface area contributed by atoms with Crippen molar-refractivity contribution in [3.05, 3.63) is 35.9 Å². The predicted molar refractivity (Wildman–Crippen MR) is 82.8 cm³/mol. The zero-order chi connectivity index (χ0) is 15.4. The second-order valence-electron chi connectivity index (χ2n) is 5.77. The number of amides is 2. The highest BCUT2D eigenvalue weighted by atomic mass is 16.2. The van der Waals surface area contributed by atoms with Gasteiger partial charge in [-0.3, -0.25) is 9.59 Å². The molecule has 4 nitrogen and oxygen atoms in total. The summed E-state index contributed by atoms with van der Waals surface area (Å²) in [5.41, 5.74) is 1.04. The van der Waals surface area contributed by atoms with Gasteiger partial charge in [0.05, 0.1) is 5.92 Å². The summed E-state index contributed by atoms with van der Waals surface area (Å²) in [6.07, 6.45) is 0.930. The van der Waals surface area contributed by atoms with Crippen LogP contribution >= 0.6 is 0 Å². The number of rotatable bonds is 4. The van der Waals surface area contributed by atoms with Crippen LogP contribution in [0.2, 0.25) is 0 Å². The number of hydrogen-bond acceptors (Lipinski definition) is 2. The van der Waals surface area contributed by atoms with Gasteiger partial charge in [-0.25, -0.2) is 0 Å². The molecule has 1 aromatic carbocycles. The number of hydrogen-bond donors (Lipinski definition) is 1. The van der Waals surface area contributed by atoms with Crippen molar-refractivity contribution in [2.45, 2.75) is 39.2 Å². The summed E-state index contributed by atoms with van der Waals surface area (Å²) < 4.78 is 0. The maximum absolute atomic E-state index is 13.0. The van der Waals surface area contributed by atoms with Crippen LogP contribution in [0.4, 0.5) is 0 Å². The van der Waals surface area contributed by atoms with Gasteiger partial charge in [-0.1, -0.05) is 50.6 Å². The van der Waals surface area contributed by atoms with Crippen LogP contribution in [0.15, 0.2) is 30.3 Å². The zero-order valence-corrected chi connectivity index (χ0v) is 13.0. The average molecular weight is 288 g/mol. The molecule has 0 aliphatic carbocycles. The lowest BCUT2D eigenvalue weighted by Crippen LogP contribution is -2.57. The highest BCUT2D eigenvalue weighted by Crippen LogP contribution is 2.30. The molecule has 1 aliphatic rings. The van der Waals surface area contributed by atoms with E-state index >= 15 is 0 Å². The molecule has 1 aliphatic heterocycles. The fourth-order valence-corrected chi connectivity index (χ4v) is 2.87. The normalized spacial score (nSPS) is 21.6. The molecule has 1 fully saturated rings. The van der Waals surface area contributed by atoms with E-state index in [2.05, 4.69) is 19.2 Å². The molecule has 2 rings (SSSR count). The molecule has 1 N–H and O–H groups in total. The molecule has 1 aromatic rings. The van der Waals surface area contributed by atoms with Crippen LogP contribution in [0.25, 0.3) is 0 Å². The Hall–Kier alpha value is -1.84. The van der Waals surface area contributed by atoms with Crippen molar-refractivity contribution in [1.29, 1.82) is 0 Å². The third-order valence-corrected chi connectivity index (χ3v) is 4.42. The lowest BCUT2D eigenvalue weighted by Gasteiger charge is -2.36. The monoisotopic (exact) mass is 288 g/mol. The Bertz CT molecular complexity index is 501. The van der Waals surface area contributed by atoms with Crippen LogP contribution in [0.5, 0.6) is 0 Å². The average Bonchev–Trinajstić information content (AvgIpc) is 2.51. The van der Waals surface area contributed by atoms with E-state index in [-0.39, 0.29) is 29.7 Å². The summed E-state index contributed by atoms with van der Waals surface area (Å²) in [7, 11) is 0. The summed E-state index contributed by atoms with van der Waals surface area (Å²) in [5.74, 6) is 0.0742. The fraction of sp³-hybridized carbons (Fsp3) is 0.529. The highest BCUT2D eigenvalue weighted by Gasteiger charge is 2.35. The van der Waals surface area contributed by atoms with Gasteiger partial charge in [-0.05, 0) is 18.4 Å². The maximum atomic E-state index is 13.0. The Labute approximate surface area is 126 Å². The van der Waals surface area contributed by atoms with Crippen LogP contribution in [-0.4, -0.2) is 35.8 Å². The molecule has 2 amide bonds. The van der Waals surface area contributed by atoms with Crippen molar-refractivity contribution in [3.8, 4) is 0 Å². The van der Waals surface area contributed by atoms with Crippen LogP contribution in [0, 0.1) is 5.92 Å². The summed E-state index contributed by atoms with van der Waals surface area (Å²) in [4.78, 5) is 26.5. The van der Waals surface area contributed by atoms with Crippen molar-refractivity contribution in [2.75, 3.05) is 13.1 Å². The van der Waals surface area contributed by atoms with Gasteiger partial charge in [-0.2, -0.15) is 0 Å². The van der Waals surface area contributed by atoms with Gasteiger partial charge in [0, 0.05) is 13.1 Å². The van der Waals surface area contributed by atoms with Gasteiger partial charge in [0.2, 0.25) is 11.8 Å². The van der Waals surface area contributed by atoms with E-state index < -0.39 is 0 Å². The SMILES string of the molecule is CCC(C)C(C(=O)N1CCNC(=O)C1C)c1ccccc1. The third-order valence-electron chi connectivity index (χ3n) is 4.42. The largest absolute Gasteiger partial charge is 0.353 e. The van der Waals surface area contributed by atoms with Crippen molar-refractivity contribution in [1.82, 2.24) is 10.2 Å². The van der Waals surface area contributed by atoms with Crippen molar-refractivity contribution in [3.63, 3.8) is 0 Å². The van der Waals surface area contributed by atoms with Crippen LogP contribution in [0.3, 0.4) is 0 Å². The predicted octanol–water partition coefficient (Wildman–Crippen LogP) is 2.16. The first-order valence-corrected chi connectivity index (χ1v) is 7.69. The van der Waals surface area contributed by atoms with Crippen LogP contribution in [-0.2, 0) is 9.59 Å². The quantitative estimate of drug-likeness (QED) is 0.923. The summed E-state index contributed by atoms with van der Waals surface area (Å²) in [5, 5.41) is 2.81. The second kappa shape index (κ2) is 6.74. The van der Waals surface area contributed by atoms with E-state index in [0.29, 0.717) is 13.1 Å². The molecule has 3 unspecified atom stereocenters. The number of carbonyl (C=O) groups excluding carboxylic acids is 2. The van der Waals surface area contributed by atoms with Crippen LogP contribution < -0.4 is 5.32 Å². The van der Waals surface area contributed by atoms with Gasteiger partial charge in [0.1, 0.15) is 6.04 Å². The Balaban J connectivity index is 2.28. The van der Waals surface area contributed by atoms with Crippen molar-refractivity contribution < 1.29 is 9.59 Å². The van der Waals surface area contributed by atoms with E-state index in [9.17, 15) is 9.59 Å². The first-order chi connectivity index (χ1) is 10.1. The van der Waals surface area contributed by atoms with Gasteiger partial charge < -0.3 is 10.2 Å². The molecule has 0 spiro atoms. The molecule has 0 aromatic heterocycles. The number of nitrogens with one attached hydrogen (secondary N) is 1. The number of piperazine rings is 1. The minimum absolute atomic E-state index is 0.0643. The number of carbonyl (C=O) groups is 2. The van der Waals surface area contributed by atoms with Gasteiger partial charge in [0.25, 0.3) is 0 Å². The highest BCUT2D eigenvalue weighted by molar-refractivity contribution is 5.91. The van der Waals surface area contributed by atoms with Gasteiger partial charge in [-0.15, -0.1) is 0 Å². The summed E-state index contributed by atoms with van der Waals surface area (Å²) >= 11 is 0. The van der Waals surface area contributed by atoms with Crippen molar-refractivity contribution >= 4 is 11.8 Å². The molecule has 0 radical (unpaired) electrons. The summed E-state index contributed by atoms with van der Waals surface area (Å²) in [6, 6.07) is 9.50. The Kier molecular flexibility index (Phi) is 4.99. The third kappa shape index (κ3) is 3.26. The van der Waals surface area contributed by atoms with E-state index in [4.69, 9.17) is 0 Å². The van der Waals surface area contributed by atoms with Crippen molar-refractivity contribution in [2.24, 2.45) is 5.92 Å². The molecule has 3 atom stereocenters. The Morgan fingerprint density at radius 3 is 2.67 bits per heavy atom. The molecule has 4 heteroatoms. The Morgan fingerprint density at radius 1 is 1.38 bits per heavy atom.